The Bertz CT molecular complexity index is 336. The van der Waals surface area contributed by atoms with E-state index in [4.69, 9.17) is 11.2 Å². The van der Waals surface area contributed by atoms with Gasteiger partial charge in [-0.3, -0.25) is 0 Å². The molecule has 0 spiro atoms. The molecule has 2 rings (SSSR count). The summed E-state index contributed by atoms with van der Waals surface area (Å²) >= 11 is 0. The van der Waals surface area contributed by atoms with Gasteiger partial charge in [0.25, 0.3) is 0 Å². The Hall–Kier alpha value is -1.17. The zero-order valence-corrected chi connectivity index (χ0v) is 10.9. The highest BCUT2D eigenvalue weighted by molar-refractivity contribution is 5.69. The van der Waals surface area contributed by atoms with Crippen LogP contribution in [0.1, 0.15) is 46.5 Å². The van der Waals surface area contributed by atoms with Crippen molar-refractivity contribution in [3.63, 3.8) is 0 Å². The first-order valence-electron chi connectivity index (χ1n) is 6.38. The molecule has 0 aliphatic carbocycles. The maximum absolute atomic E-state index is 12.1. The second-order valence-corrected chi connectivity index (χ2v) is 6.11. The molecule has 0 aromatic heterocycles. The third-order valence-electron chi connectivity index (χ3n) is 3.57. The second-order valence-electron chi connectivity index (χ2n) is 6.11. The molecule has 0 aromatic carbocycles. The Kier molecular flexibility index (Phi) is 3.07. The Morgan fingerprint density at radius 1 is 1.29 bits per heavy atom. The summed E-state index contributed by atoms with van der Waals surface area (Å²) in [5.74, 6) is 3.17. The summed E-state index contributed by atoms with van der Waals surface area (Å²) in [6.07, 6.45) is 9.34. The predicted molar refractivity (Wildman–Crippen MR) is 66.4 cm³/mol. The summed E-state index contributed by atoms with van der Waals surface area (Å²) in [5.41, 5.74) is -0.417. The van der Waals surface area contributed by atoms with Gasteiger partial charge in [-0.2, -0.15) is 0 Å². The van der Waals surface area contributed by atoms with Crippen LogP contribution in [-0.2, 0) is 4.74 Å². The first-order chi connectivity index (χ1) is 7.90. The number of piperidine rings is 1. The van der Waals surface area contributed by atoms with Crippen molar-refractivity contribution in [1.29, 1.82) is 0 Å². The van der Waals surface area contributed by atoms with Gasteiger partial charge in [0.2, 0.25) is 0 Å². The van der Waals surface area contributed by atoms with Crippen LogP contribution in [0, 0.1) is 18.3 Å². The quantitative estimate of drug-likeness (QED) is 0.604. The summed E-state index contributed by atoms with van der Waals surface area (Å²) in [7, 11) is 0. The molecule has 2 unspecified atom stereocenters. The average Bonchev–Trinajstić information content (AvgIpc) is 2.47. The summed E-state index contributed by atoms with van der Waals surface area (Å²) < 4.78 is 5.46. The van der Waals surface area contributed by atoms with E-state index >= 15 is 0 Å². The SMILES string of the molecule is C#CC1CC2CCC(C1)N2C(=O)OC(C)(C)C. The van der Waals surface area contributed by atoms with Gasteiger partial charge in [0.1, 0.15) is 5.60 Å². The highest BCUT2D eigenvalue weighted by Gasteiger charge is 2.44. The van der Waals surface area contributed by atoms with Gasteiger partial charge in [0.15, 0.2) is 0 Å². The van der Waals surface area contributed by atoms with Gasteiger partial charge < -0.3 is 9.64 Å². The van der Waals surface area contributed by atoms with E-state index in [0.29, 0.717) is 18.0 Å². The zero-order chi connectivity index (χ0) is 12.6. The van der Waals surface area contributed by atoms with E-state index in [9.17, 15) is 4.79 Å². The zero-order valence-electron chi connectivity index (χ0n) is 10.9. The lowest BCUT2D eigenvalue weighted by Gasteiger charge is -2.38. The lowest BCUT2D eigenvalue weighted by molar-refractivity contribution is 0.00492. The van der Waals surface area contributed by atoms with Crippen LogP contribution in [0.3, 0.4) is 0 Å². The molecule has 0 N–H and O–H groups in total. The minimum Gasteiger partial charge on any atom is -0.444 e. The van der Waals surface area contributed by atoms with E-state index in [0.717, 1.165) is 25.7 Å². The number of nitrogens with zero attached hydrogens (tertiary/aromatic N) is 1. The molecule has 0 radical (unpaired) electrons. The molecule has 1 amide bonds. The predicted octanol–water partition coefficient (Wildman–Crippen LogP) is 2.80. The van der Waals surface area contributed by atoms with Crippen LogP contribution >= 0.6 is 0 Å². The highest BCUT2D eigenvalue weighted by atomic mass is 16.6. The van der Waals surface area contributed by atoms with Crippen molar-refractivity contribution < 1.29 is 9.53 Å². The average molecular weight is 235 g/mol. The van der Waals surface area contributed by atoms with E-state index in [1.165, 1.54) is 0 Å². The number of terminal acetylenes is 1. The molecule has 2 heterocycles. The Morgan fingerprint density at radius 3 is 2.24 bits per heavy atom. The molecular formula is C14H21NO2. The largest absolute Gasteiger partial charge is 0.444 e. The summed E-state index contributed by atoms with van der Waals surface area (Å²) in [6, 6.07) is 0.592. The molecule has 3 nitrogen and oxygen atoms in total. The van der Waals surface area contributed by atoms with Gasteiger partial charge >= 0.3 is 6.09 Å². The summed E-state index contributed by atoms with van der Waals surface area (Å²) in [5, 5.41) is 0. The number of rotatable bonds is 0. The summed E-state index contributed by atoms with van der Waals surface area (Å²) in [6.45, 7) is 5.71. The van der Waals surface area contributed by atoms with E-state index in [2.05, 4.69) is 5.92 Å². The minimum atomic E-state index is -0.417. The van der Waals surface area contributed by atoms with Crippen molar-refractivity contribution in [1.82, 2.24) is 4.90 Å². The molecule has 94 valence electrons. The third kappa shape index (κ3) is 2.57. The fraction of sp³-hybridized carbons (Fsp3) is 0.786. The van der Waals surface area contributed by atoms with Gasteiger partial charge in [-0.1, -0.05) is 0 Å². The van der Waals surface area contributed by atoms with Gasteiger partial charge in [-0.05, 0) is 46.5 Å². The first-order valence-corrected chi connectivity index (χ1v) is 6.38. The van der Waals surface area contributed by atoms with Crippen molar-refractivity contribution in [2.24, 2.45) is 5.92 Å². The molecule has 2 fully saturated rings. The Morgan fingerprint density at radius 2 is 1.82 bits per heavy atom. The maximum Gasteiger partial charge on any atom is 0.410 e. The van der Waals surface area contributed by atoms with Gasteiger partial charge in [-0.15, -0.1) is 12.3 Å². The van der Waals surface area contributed by atoms with Gasteiger partial charge in [0.05, 0.1) is 0 Å². The smallest absolute Gasteiger partial charge is 0.410 e. The van der Waals surface area contributed by atoms with Crippen LogP contribution in [0.2, 0.25) is 0 Å². The van der Waals surface area contributed by atoms with Gasteiger partial charge in [-0.25, -0.2) is 4.79 Å². The van der Waals surface area contributed by atoms with E-state index in [1.54, 1.807) is 0 Å². The molecule has 0 saturated carbocycles. The van der Waals surface area contributed by atoms with E-state index < -0.39 is 5.60 Å². The van der Waals surface area contributed by atoms with Crippen LogP contribution < -0.4 is 0 Å². The lowest BCUT2D eigenvalue weighted by Crippen LogP contribution is -2.48. The van der Waals surface area contributed by atoms with Crippen molar-refractivity contribution in [2.75, 3.05) is 0 Å². The van der Waals surface area contributed by atoms with Crippen molar-refractivity contribution in [2.45, 2.75) is 64.1 Å². The molecule has 0 aromatic rings. The Labute approximate surface area is 104 Å². The second kappa shape index (κ2) is 4.25. The number of hydrogen-bond acceptors (Lipinski definition) is 2. The topological polar surface area (TPSA) is 29.5 Å². The molecule has 2 bridgehead atoms. The fourth-order valence-corrected chi connectivity index (χ4v) is 2.93. The van der Waals surface area contributed by atoms with Crippen LogP contribution in [0.4, 0.5) is 4.79 Å². The van der Waals surface area contributed by atoms with Crippen LogP contribution in [0.15, 0.2) is 0 Å². The number of fused-ring (bicyclic) bond motifs is 2. The van der Waals surface area contributed by atoms with Gasteiger partial charge in [0, 0.05) is 18.0 Å². The number of amides is 1. The number of ether oxygens (including phenoxy) is 1. The standard InChI is InChI=1S/C14H21NO2/c1-5-10-8-11-6-7-12(9-10)15(11)13(16)17-14(2,3)4/h1,10-12H,6-9H2,2-4H3. The normalized spacial score (nSPS) is 32.1. The minimum absolute atomic E-state index is 0.166. The molecule has 2 saturated heterocycles. The van der Waals surface area contributed by atoms with Crippen molar-refractivity contribution in [3.8, 4) is 12.3 Å². The lowest BCUT2D eigenvalue weighted by atomic mass is 9.92. The number of hydrogen-bond donors (Lipinski definition) is 0. The monoisotopic (exact) mass is 235 g/mol. The van der Waals surface area contributed by atoms with Crippen LogP contribution in [0.5, 0.6) is 0 Å². The first kappa shape index (κ1) is 12.3. The molecule has 3 heteroatoms. The number of carbonyl (C=O) groups excluding carboxylic acids is 1. The molecular weight excluding hydrogens is 214 g/mol. The molecule has 17 heavy (non-hydrogen) atoms. The van der Waals surface area contributed by atoms with Crippen LogP contribution in [0.25, 0.3) is 0 Å². The highest BCUT2D eigenvalue weighted by Crippen LogP contribution is 2.39. The van der Waals surface area contributed by atoms with Crippen molar-refractivity contribution in [3.05, 3.63) is 0 Å². The molecule has 2 aliphatic heterocycles. The number of carbonyl (C=O) groups is 1. The summed E-state index contributed by atoms with van der Waals surface area (Å²) in [4.78, 5) is 14.1. The van der Waals surface area contributed by atoms with E-state index in [-0.39, 0.29) is 6.09 Å². The van der Waals surface area contributed by atoms with E-state index in [1.807, 2.05) is 25.7 Å². The fourth-order valence-electron chi connectivity index (χ4n) is 2.93. The van der Waals surface area contributed by atoms with Crippen molar-refractivity contribution >= 4 is 6.09 Å². The van der Waals surface area contributed by atoms with Crippen LogP contribution in [-0.4, -0.2) is 28.7 Å². The third-order valence-corrected chi connectivity index (χ3v) is 3.57. The molecule has 2 atom stereocenters. The molecule has 2 aliphatic rings. The Balaban J connectivity index is 2.04. The maximum atomic E-state index is 12.1.